The minimum atomic E-state index is 0.184. The Labute approximate surface area is 138 Å². The van der Waals surface area contributed by atoms with Crippen molar-refractivity contribution >= 4 is 33.6 Å². The smallest absolute Gasteiger partial charge is 0.176 e. The summed E-state index contributed by atoms with van der Waals surface area (Å²) in [7, 11) is 0. The maximum atomic E-state index is 10.1. The fourth-order valence-electron chi connectivity index (χ4n) is 2.69. The van der Waals surface area contributed by atoms with Crippen molar-refractivity contribution < 1.29 is 5.11 Å². The zero-order valence-electron chi connectivity index (χ0n) is 12.7. The van der Waals surface area contributed by atoms with Gasteiger partial charge in [0.15, 0.2) is 5.82 Å². The molecule has 24 heavy (non-hydrogen) atoms. The number of hydrogen-bond acceptors (Lipinski definition) is 5. The van der Waals surface area contributed by atoms with E-state index in [9.17, 15) is 5.11 Å². The van der Waals surface area contributed by atoms with E-state index in [-0.39, 0.29) is 5.75 Å². The Morgan fingerprint density at radius 1 is 0.875 bits per heavy atom. The van der Waals surface area contributed by atoms with Crippen molar-refractivity contribution in [2.24, 2.45) is 5.10 Å². The number of phenols is 1. The SMILES string of the molecule is Oc1ccc2ccccc2c1/C=N/Nc1nncc2ccccc12. The van der Waals surface area contributed by atoms with Gasteiger partial charge in [-0.25, -0.2) is 0 Å². The molecule has 0 saturated carbocycles. The van der Waals surface area contributed by atoms with E-state index in [1.807, 2.05) is 54.6 Å². The van der Waals surface area contributed by atoms with Crippen LogP contribution in [0.3, 0.4) is 0 Å². The van der Waals surface area contributed by atoms with Crippen molar-refractivity contribution in [1.82, 2.24) is 10.2 Å². The van der Waals surface area contributed by atoms with Crippen molar-refractivity contribution in [3.05, 3.63) is 72.4 Å². The number of anilines is 1. The molecular weight excluding hydrogens is 300 g/mol. The van der Waals surface area contributed by atoms with Crippen LogP contribution in [0.15, 0.2) is 72.0 Å². The van der Waals surface area contributed by atoms with Gasteiger partial charge in [0.1, 0.15) is 5.75 Å². The minimum Gasteiger partial charge on any atom is -0.507 e. The van der Waals surface area contributed by atoms with Gasteiger partial charge < -0.3 is 5.11 Å². The van der Waals surface area contributed by atoms with Gasteiger partial charge in [0, 0.05) is 16.3 Å². The summed E-state index contributed by atoms with van der Waals surface area (Å²) in [5.74, 6) is 0.757. The summed E-state index contributed by atoms with van der Waals surface area (Å²) in [5.41, 5.74) is 3.57. The van der Waals surface area contributed by atoms with Crippen LogP contribution in [-0.4, -0.2) is 21.5 Å². The Hall–Kier alpha value is -3.47. The van der Waals surface area contributed by atoms with Crippen LogP contribution in [0, 0.1) is 0 Å². The molecule has 0 unspecified atom stereocenters. The molecule has 4 aromatic rings. The van der Waals surface area contributed by atoms with Crippen molar-refractivity contribution in [1.29, 1.82) is 0 Å². The fraction of sp³-hybridized carbons (Fsp3) is 0. The summed E-state index contributed by atoms with van der Waals surface area (Å²) in [4.78, 5) is 0. The van der Waals surface area contributed by atoms with Crippen LogP contribution >= 0.6 is 0 Å². The van der Waals surface area contributed by atoms with Crippen LogP contribution in [0.25, 0.3) is 21.5 Å². The molecule has 0 aliphatic heterocycles. The normalized spacial score (nSPS) is 11.3. The summed E-state index contributed by atoms with van der Waals surface area (Å²) < 4.78 is 0. The molecule has 0 spiro atoms. The van der Waals surface area contributed by atoms with E-state index in [0.29, 0.717) is 11.4 Å². The Morgan fingerprint density at radius 3 is 2.50 bits per heavy atom. The fourth-order valence-corrected chi connectivity index (χ4v) is 2.69. The van der Waals surface area contributed by atoms with E-state index < -0.39 is 0 Å². The highest BCUT2D eigenvalue weighted by molar-refractivity contribution is 6.02. The lowest BCUT2D eigenvalue weighted by atomic mass is 10.0. The molecule has 0 amide bonds. The number of nitrogens with one attached hydrogen (secondary N) is 1. The molecule has 0 fully saturated rings. The zero-order valence-corrected chi connectivity index (χ0v) is 12.7. The van der Waals surface area contributed by atoms with Gasteiger partial charge in [-0.15, -0.1) is 5.10 Å². The number of benzene rings is 3. The highest BCUT2D eigenvalue weighted by Crippen LogP contribution is 2.25. The third-order valence-electron chi connectivity index (χ3n) is 3.88. The van der Waals surface area contributed by atoms with Gasteiger partial charge >= 0.3 is 0 Å². The Kier molecular flexibility index (Phi) is 3.51. The van der Waals surface area contributed by atoms with Gasteiger partial charge in [-0.1, -0.05) is 54.6 Å². The first-order valence-corrected chi connectivity index (χ1v) is 7.53. The number of hydrazone groups is 1. The maximum Gasteiger partial charge on any atom is 0.176 e. The number of rotatable bonds is 3. The predicted molar refractivity (Wildman–Crippen MR) is 96.4 cm³/mol. The molecule has 116 valence electrons. The molecule has 5 heteroatoms. The average Bonchev–Trinajstić information content (AvgIpc) is 2.64. The molecule has 1 aromatic heterocycles. The maximum absolute atomic E-state index is 10.1. The topological polar surface area (TPSA) is 70.4 Å². The highest BCUT2D eigenvalue weighted by atomic mass is 16.3. The number of phenolic OH excluding ortho intramolecular Hbond substituents is 1. The molecule has 3 aromatic carbocycles. The molecule has 2 N–H and O–H groups in total. The van der Waals surface area contributed by atoms with Crippen molar-refractivity contribution in [3.63, 3.8) is 0 Å². The summed E-state index contributed by atoms with van der Waals surface area (Å²) in [6.07, 6.45) is 3.31. The zero-order chi connectivity index (χ0) is 16.4. The number of aromatic nitrogens is 2. The van der Waals surface area contributed by atoms with Gasteiger partial charge in [0.2, 0.25) is 0 Å². The van der Waals surface area contributed by atoms with Gasteiger partial charge in [0.05, 0.1) is 12.4 Å². The van der Waals surface area contributed by atoms with Crippen LogP contribution in [0.2, 0.25) is 0 Å². The predicted octanol–water partition coefficient (Wildman–Crippen LogP) is 3.93. The van der Waals surface area contributed by atoms with Gasteiger partial charge in [-0.3, -0.25) is 5.43 Å². The Morgan fingerprint density at radius 2 is 1.62 bits per heavy atom. The third-order valence-corrected chi connectivity index (χ3v) is 3.88. The summed E-state index contributed by atoms with van der Waals surface area (Å²) in [6.45, 7) is 0. The van der Waals surface area contributed by atoms with Crippen molar-refractivity contribution in [2.75, 3.05) is 5.43 Å². The van der Waals surface area contributed by atoms with E-state index >= 15 is 0 Å². The van der Waals surface area contributed by atoms with Crippen LogP contribution < -0.4 is 5.43 Å². The molecule has 0 saturated heterocycles. The van der Waals surface area contributed by atoms with Crippen LogP contribution in [0.4, 0.5) is 5.82 Å². The second kappa shape index (κ2) is 5.96. The van der Waals surface area contributed by atoms with Gasteiger partial charge in [-0.05, 0) is 16.8 Å². The molecule has 0 atom stereocenters. The van der Waals surface area contributed by atoms with E-state index in [1.54, 1.807) is 18.5 Å². The molecule has 0 aliphatic carbocycles. The first-order valence-electron chi connectivity index (χ1n) is 7.53. The molecule has 5 nitrogen and oxygen atoms in total. The van der Waals surface area contributed by atoms with E-state index in [1.165, 1.54) is 0 Å². The molecular formula is C19H14N4O. The standard InChI is InChI=1S/C19H14N4O/c24-18-10-9-13-5-1-3-7-15(13)17(18)12-21-23-19-16-8-4-2-6-14(16)11-20-22-19/h1-12,24H,(H,22,23)/b21-12+. The Bertz CT molecular complexity index is 1050. The number of aromatic hydroxyl groups is 1. The summed E-state index contributed by atoms with van der Waals surface area (Å²) in [5, 5.41) is 26.3. The van der Waals surface area contributed by atoms with Gasteiger partial charge in [0.25, 0.3) is 0 Å². The number of fused-ring (bicyclic) bond motifs is 2. The molecule has 0 aliphatic rings. The summed E-state index contributed by atoms with van der Waals surface area (Å²) in [6, 6.07) is 19.2. The lowest BCUT2D eigenvalue weighted by Gasteiger charge is -2.05. The largest absolute Gasteiger partial charge is 0.507 e. The molecule has 0 bridgehead atoms. The number of hydrogen-bond donors (Lipinski definition) is 2. The average molecular weight is 314 g/mol. The second-order valence-corrected chi connectivity index (χ2v) is 5.37. The lowest BCUT2D eigenvalue weighted by molar-refractivity contribution is 0.475. The van der Waals surface area contributed by atoms with Crippen LogP contribution in [0.1, 0.15) is 5.56 Å². The second-order valence-electron chi connectivity index (χ2n) is 5.37. The van der Waals surface area contributed by atoms with Crippen LogP contribution in [-0.2, 0) is 0 Å². The number of nitrogens with zero attached hydrogens (tertiary/aromatic N) is 3. The first kappa shape index (κ1) is 14.1. The van der Waals surface area contributed by atoms with Crippen molar-refractivity contribution in [3.8, 4) is 5.75 Å². The quantitative estimate of drug-likeness (QED) is 0.444. The third kappa shape index (κ3) is 2.52. The summed E-state index contributed by atoms with van der Waals surface area (Å²) >= 11 is 0. The van der Waals surface area contributed by atoms with Gasteiger partial charge in [-0.2, -0.15) is 10.2 Å². The van der Waals surface area contributed by atoms with E-state index in [0.717, 1.165) is 21.5 Å². The monoisotopic (exact) mass is 314 g/mol. The molecule has 1 heterocycles. The van der Waals surface area contributed by atoms with Crippen molar-refractivity contribution in [2.45, 2.75) is 0 Å². The highest BCUT2D eigenvalue weighted by Gasteiger charge is 2.05. The molecule has 4 rings (SSSR count). The van der Waals surface area contributed by atoms with E-state index in [4.69, 9.17) is 0 Å². The minimum absolute atomic E-state index is 0.184. The molecule has 0 radical (unpaired) electrons. The Balaban J connectivity index is 1.70. The van der Waals surface area contributed by atoms with E-state index in [2.05, 4.69) is 20.7 Å². The lowest BCUT2D eigenvalue weighted by Crippen LogP contribution is -1.97. The first-order chi connectivity index (χ1) is 11.8. The van der Waals surface area contributed by atoms with Crippen LogP contribution in [0.5, 0.6) is 5.75 Å².